The Morgan fingerprint density at radius 2 is 0.544 bits per heavy atom. The number of aromatic nitrogens is 10. The molecule has 10 heterocycles. The van der Waals surface area contributed by atoms with E-state index in [1.165, 1.54) is 25.6 Å². The third-order valence-electron chi connectivity index (χ3n) is 21.7. The molecule has 0 atom stereocenters. The fourth-order valence-corrected chi connectivity index (χ4v) is 18.7. The fourth-order valence-electron chi connectivity index (χ4n) is 16.4. The van der Waals surface area contributed by atoms with Crippen LogP contribution >= 0.6 is 22.7 Å². The first-order valence-corrected chi connectivity index (χ1v) is 39.0. The second-order valence-electron chi connectivity index (χ2n) is 28.4. The van der Waals surface area contributed by atoms with Gasteiger partial charge < -0.3 is 17.7 Å². The van der Waals surface area contributed by atoms with Crippen molar-refractivity contribution in [2.24, 2.45) is 0 Å². The van der Waals surface area contributed by atoms with E-state index in [1.54, 1.807) is 22.7 Å². The predicted octanol–water partition coefficient (Wildman–Crippen LogP) is 26.3. The average Bonchev–Trinajstić information content (AvgIpc) is 1.57. The number of nitrogens with zero attached hydrogens (tertiary/aromatic N) is 10. The van der Waals surface area contributed by atoms with Crippen LogP contribution in [0.4, 0.5) is 0 Å². The largest absolute Gasteiger partial charge is 0.455 e. The summed E-state index contributed by atoms with van der Waals surface area (Å²) < 4.78 is 32.5. The smallest absolute Gasteiger partial charge is 0.180 e. The first kappa shape index (κ1) is 63.8. The standard InChI is InChI=1S/C98H52N10O4S2/c1-3-22-53(23-4-1)91-103-95(59-48-49-62-60-30-9-13-46-77(60)113-79(62)52-59)107-96(104-91)68-37-20-44-75-80(68)66-35-18-39-70(86(66)111-75)84-88-82(64-32-7-11-42-73(64)109-88)99-93(101-84)57-28-15-26-55(50-57)56-27-16-29-58(51-56)94-100-83-65-33-8-12-43-74(65)110-89(83)85(102-94)71-40-19-36-67-81-69(38-21-45-76(81)112-87(67)71)97-105-92(54-24-5-2-6-25-54)106-98(108-97)72-41-17-34-63-61-31-10-14-47-78(61)114-90(63)72/h1-52H. The van der Waals surface area contributed by atoms with E-state index in [2.05, 4.69) is 140 Å². The molecule has 14 nitrogen and oxygen atoms in total. The van der Waals surface area contributed by atoms with Gasteiger partial charge >= 0.3 is 0 Å². The predicted molar refractivity (Wildman–Crippen MR) is 459 cm³/mol. The minimum atomic E-state index is 0.503. The number of rotatable bonds is 11. The van der Waals surface area contributed by atoms with Crippen LogP contribution in [0.15, 0.2) is 333 Å². The SMILES string of the molecule is c1ccc(-c2nc(-c3ccc4c(c3)sc3ccccc34)nc(-c3cccc4oc5c(-c6nc(-c7cccc(-c8cccc(-c9nc(-c%10cccc%11c%10oc%10cccc(-c%12nc(-c%13ccccc%13)nc(-c%13cccc%14c%13sc%13ccccc%13%14)n%12)c%10%11)c%10oc%11ccccc%11c%10n9)c8)c7)nc7c6oc6ccccc67)cccc5c34)n2)cc1. The summed E-state index contributed by atoms with van der Waals surface area (Å²) in [6.07, 6.45) is 0. The van der Waals surface area contributed by atoms with E-state index >= 15 is 0 Å². The zero-order valence-corrected chi connectivity index (χ0v) is 61.6. The first-order chi connectivity index (χ1) is 56.4. The zero-order chi connectivity index (χ0) is 74.6. The lowest BCUT2D eigenvalue weighted by Gasteiger charge is -2.10. The summed E-state index contributed by atoms with van der Waals surface area (Å²) >= 11 is 3.51. The van der Waals surface area contributed by atoms with Gasteiger partial charge in [0.15, 0.2) is 57.8 Å². The van der Waals surface area contributed by atoms with Crippen LogP contribution in [-0.4, -0.2) is 49.8 Å². The maximum absolute atomic E-state index is 7.09. The van der Waals surface area contributed by atoms with Crippen molar-refractivity contribution >= 4 is 151 Å². The van der Waals surface area contributed by atoms with Crippen LogP contribution in [-0.2, 0) is 0 Å². The fraction of sp³-hybridized carbons (Fsp3) is 0. The molecular formula is C98H52N10O4S2. The summed E-state index contributed by atoms with van der Waals surface area (Å²) in [6.45, 7) is 0. The Balaban J connectivity index is 0.616. The number of hydrogen-bond acceptors (Lipinski definition) is 16. The molecule has 0 amide bonds. The molecule has 0 aliphatic heterocycles. The van der Waals surface area contributed by atoms with Crippen LogP contribution in [0, 0.1) is 0 Å². The molecule has 114 heavy (non-hydrogen) atoms. The van der Waals surface area contributed by atoms with Crippen molar-refractivity contribution in [2.45, 2.75) is 0 Å². The Morgan fingerprint density at radius 1 is 0.193 bits per heavy atom. The van der Waals surface area contributed by atoms with E-state index in [0.717, 1.165) is 114 Å². The number of fused-ring (bicyclic) bond motifs is 18. The first-order valence-electron chi connectivity index (χ1n) is 37.4. The van der Waals surface area contributed by atoms with Crippen molar-refractivity contribution in [1.29, 1.82) is 0 Å². The van der Waals surface area contributed by atoms with Gasteiger partial charge in [-0.2, -0.15) is 0 Å². The van der Waals surface area contributed by atoms with E-state index in [1.807, 2.05) is 176 Å². The summed E-state index contributed by atoms with van der Waals surface area (Å²) in [6, 6.07) is 107. The Labute approximate surface area is 654 Å². The molecule has 14 aromatic carbocycles. The second-order valence-corrected chi connectivity index (χ2v) is 30.5. The molecular weight excluding hydrogens is 1450 g/mol. The van der Waals surface area contributed by atoms with Gasteiger partial charge in [0, 0.05) is 128 Å². The van der Waals surface area contributed by atoms with Crippen molar-refractivity contribution < 1.29 is 17.7 Å². The zero-order valence-electron chi connectivity index (χ0n) is 59.9. The Hall–Kier alpha value is -15.1. The van der Waals surface area contributed by atoms with E-state index < -0.39 is 0 Å². The lowest BCUT2D eigenvalue weighted by molar-refractivity contribution is 0.663. The molecule has 16 heteroatoms. The van der Waals surface area contributed by atoms with Crippen LogP contribution in [0.5, 0.6) is 0 Å². The molecule has 0 saturated carbocycles. The van der Waals surface area contributed by atoms with Gasteiger partial charge in [0.1, 0.15) is 55.9 Å². The summed E-state index contributed by atoms with van der Waals surface area (Å²) in [5.41, 5.74) is 17.6. The van der Waals surface area contributed by atoms with Crippen molar-refractivity contribution in [2.75, 3.05) is 0 Å². The third-order valence-corrected chi connectivity index (χ3v) is 24.0. The molecule has 530 valence electrons. The van der Waals surface area contributed by atoms with Gasteiger partial charge in [-0.15, -0.1) is 22.7 Å². The van der Waals surface area contributed by atoms with E-state index in [4.69, 9.17) is 67.5 Å². The van der Waals surface area contributed by atoms with Crippen LogP contribution in [0.3, 0.4) is 0 Å². The Morgan fingerprint density at radius 3 is 1.10 bits per heavy atom. The minimum absolute atomic E-state index is 0.503. The van der Waals surface area contributed by atoms with Crippen molar-refractivity contribution in [1.82, 2.24) is 49.8 Å². The topological polar surface area (TPSA) is 181 Å². The van der Waals surface area contributed by atoms with Gasteiger partial charge in [-0.05, 0) is 96.1 Å². The molecule has 0 aliphatic rings. The summed E-state index contributed by atoms with van der Waals surface area (Å²) in [7, 11) is 0. The quantitative estimate of drug-likeness (QED) is 0.119. The van der Waals surface area contributed by atoms with Crippen molar-refractivity contribution in [3.63, 3.8) is 0 Å². The highest BCUT2D eigenvalue weighted by molar-refractivity contribution is 7.26. The number of furan rings is 4. The number of hydrogen-bond donors (Lipinski definition) is 0. The summed E-state index contributed by atoms with van der Waals surface area (Å²) in [4.78, 5) is 53.3. The maximum atomic E-state index is 7.09. The molecule has 0 spiro atoms. The van der Waals surface area contributed by atoms with Crippen molar-refractivity contribution in [3.8, 4) is 125 Å². The van der Waals surface area contributed by atoms with E-state index in [0.29, 0.717) is 114 Å². The molecule has 0 N–H and O–H groups in total. The van der Waals surface area contributed by atoms with Gasteiger partial charge in [0.05, 0.1) is 0 Å². The molecule has 0 unspecified atom stereocenters. The maximum Gasteiger partial charge on any atom is 0.180 e. The van der Waals surface area contributed by atoms with Gasteiger partial charge in [-0.25, -0.2) is 49.8 Å². The molecule has 0 radical (unpaired) electrons. The highest BCUT2D eigenvalue weighted by Gasteiger charge is 2.28. The Kier molecular flexibility index (Phi) is 14.1. The van der Waals surface area contributed by atoms with E-state index in [-0.39, 0.29) is 0 Å². The summed E-state index contributed by atoms with van der Waals surface area (Å²) in [5, 5.41) is 9.94. The lowest BCUT2D eigenvalue weighted by Crippen LogP contribution is -2.00. The highest BCUT2D eigenvalue weighted by Crippen LogP contribution is 2.48. The lowest BCUT2D eigenvalue weighted by atomic mass is 9.99. The Bertz CT molecular complexity index is 8160. The molecule has 0 fully saturated rings. The van der Waals surface area contributed by atoms with Crippen LogP contribution in [0.25, 0.3) is 253 Å². The van der Waals surface area contributed by atoms with Crippen LogP contribution in [0.2, 0.25) is 0 Å². The molecule has 0 saturated heterocycles. The van der Waals surface area contributed by atoms with E-state index in [9.17, 15) is 0 Å². The second kappa shape index (κ2) is 25.2. The van der Waals surface area contributed by atoms with Gasteiger partial charge in [0.2, 0.25) is 0 Å². The number of thiophene rings is 2. The third kappa shape index (κ3) is 10.2. The minimum Gasteiger partial charge on any atom is -0.455 e. The molecule has 0 aliphatic carbocycles. The number of benzene rings is 14. The average molecular weight is 1500 g/mol. The highest BCUT2D eigenvalue weighted by atomic mass is 32.1. The van der Waals surface area contributed by atoms with Gasteiger partial charge in [-0.1, -0.05) is 231 Å². The van der Waals surface area contributed by atoms with Crippen molar-refractivity contribution in [3.05, 3.63) is 315 Å². The monoisotopic (exact) mass is 1500 g/mol. The van der Waals surface area contributed by atoms with Crippen LogP contribution in [0.1, 0.15) is 0 Å². The normalized spacial score (nSPS) is 12.0. The summed E-state index contributed by atoms with van der Waals surface area (Å²) in [5.74, 6) is 4.32. The van der Waals surface area contributed by atoms with Gasteiger partial charge in [-0.3, -0.25) is 0 Å². The molecule has 0 bridgehead atoms. The molecule has 24 aromatic rings. The van der Waals surface area contributed by atoms with Gasteiger partial charge in [0.25, 0.3) is 0 Å². The molecule has 24 rings (SSSR count). The number of para-hydroxylation sites is 4. The van der Waals surface area contributed by atoms with Crippen LogP contribution < -0.4 is 0 Å². The molecule has 10 aromatic heterocycles.